The van der Waals surface area contributed by atoms with Gasteiger partial charge in [0, 0.05) is 6.20 Å². The Kier molecular flexibility index (Phi) is 6.55. The molecule has 36 heavy (non-hydrogen) atoms. The molecule has 0 aliphatic heterocycles. The van der Waals surface area contributed by atoms with Gasteiger partial charge in [-0.25, -0.2) is 9.78 Å². The molecule has 0 amide bonds. The van der Waals surface area contributed by atoms with E-state index in [1.54, 1.807) is 0 Å². The van der Waals surface area contributed by atoms with Gasteiger partial charge in [0.05, 0.1) is 24.2 Å². The van der Waals surface area contributed by atoms with Crippen molar-refractivity contribution in [2.45, 2.75) is 39.3 Å². The minimum absolute atomic E-state index is 0.0917. The van der Waals surface area contributed by atoms with Crippen molar-refractivity contribution < 1.29 is 14.0 Å². The van der Waals surface area contributed by atoms with Crippen LogP contribution in [0.15, 0.2) is 85.1 Å². The monoisotopic (exact) mass is 514 g/mol. The minimum Gasteiger partial charge on any atom is -0.462 e. The van der Waals surface area contributed by atoms with Crippen molar-refractivity contribution in [1.82, 2.24) is 9.38 Å². The van der Waals surface area contributed by atoms with Crippen LogP contribution in [0.2, 0.25) is 5.04 Å². The van der Waals surface area contributed by atoms with Gasteiger partial charge in [0.25, 0.3) is 8.32 Å². The summed E-state index contributed by atoms with van der Waals surface area (Å²) in [6.45, 7) is 9.49. The fraction of sp³-hybridized carbons (Fsp3) is 0.241. The van der Waals surface area contributed by atoms with Gasteiger partial charge in [0.2, 0.25) is 0 Å². The molecule has 0 fully saturated rings. The number of benzene rings is 3. The Labute approximate surface area is 216 Å². The van der Waals surface area contributed by atoms with Gasteiger partial charge in [-0.3, -0.25) is 4.40 Å². The third kappa shape index (κ3) is 4.27. The van der Waals surface area contributed by atoms with Crippen molar-refractivity contribution in [2.75, 3.05) is 6.61 Å². The van der Waals surface area contributed by atoms with E-state index in [0.29, 0.717) is 18.1 Å². The molecule has 0 spiro atoms. The maximum absolute atomic E-state index is 12.2. The van der Waals surface area contributed by atoms with Crippen LogP contribution < -0.4 is 10.4 Å². The number of carbonyl (C=O) groups is 1. The lowest BCUT2D eigenvalue weighted by molar-refractivity contribution is 0.0531. The normalized spacial score (nSPS) is 12.3. The first-order chi connectivity index (χ1) is 17.3. The van der Waals surface area contributed by atoms with Crippen molar-refractivity contribution in [3.63, 3.8) is 0 Å². The van der Waals surface area contributed by atoms with E-state index in [9.17, 15) is 4.79 Å². The predicted molar refractivity (Wildman–Crippen MR) is 149 cm³/mol. The largest absolute Gasteiger partial charge is 0.462 e. The maximum atomic E-state index is 12.2. The molecule has 0 radical (unpaired) electrons. The molecule has 0 N–H and O–H groups in total. The Morgan fingerprint density at radius 2 is 1.61 bits per heavy atom. The lowest BCUT2D eigenvalue weighted by Gasteiger charge is -2.43. The van der Waals surface area contributed by atoms with Crippen LogP contribution in [-0.2, 0) is 15.8 Å². The number of carbonyl (C=O) groups excluding carboxylic acids is 1. The Bertz CT molecular complexity index is 1460. The van der Waals surface area contributed by atoms with Gasteiger partial charge in [0.15, 0.2) is 4.96 Å². The number of aromatic nitrogens is 2. The zero-order valence-corrected chi connectivity index (χ0v) is 22.8. The molecule has 0 bridgehead atoms. The molecule has 5 aromatic rings. The molecule has 2 heterocycles. The Morgan fingerprint density at radius 1 is 0.972 bits per heavy atom. The standard InChI is InChI=1S/C29H30N2O3SSi/c1-5-33-27(32)26-19-31-25-18-21(16-17-24(25)30-28(31)35-26)20-34-36(29(2,3)4,22-12-8-6-9-13-22)23-14-10-7-11-15-23/h6-19H,5,20H2,1-4H3. The average Bonchev–Trinajstić information content (AvgIpc) is 3.43. The van der Waals surface area contributed by atoms with Crippen molar-refractivity contribution >= 4 is 52.0 Å². The molecule has 5 rings (SSSR count). The quantitative estimate of drug-likeness (QED) is 0.203. The highest BCUT2D eigenvalue weighted by atomic mass is 32.1. The molecule has 0 aliphatic rings. The van der Waals surface area contributed by atoms with Crippen LogP contribution >= 0.6 is 11.3 Å². The summed E-state index contributed by atoms with van der Waals surface area (Å²) in [5.41, 5.74) is 2.92. The number of nitrogens with zero attached hydrogens (tertiary/aromatic N) is 2. The third-order valence-electron chi connectivity index (χ3n) is 6.52. The number of hydrogen-bond donors (Lipinski definition) is 0. The first-order valence-corrected chi connectivity index (χ1v) is 14.9. The lowest BCUT2D eigenvalue weighted by atomic mass is 10.2. The molecular weight excluding hydrogens is 484 g/mol. The van der Waals surface area contributed by atoms with E-state index in [1.165, 1.54) is 21.7 Å². The van der Waals surface area contributed by atoms with Gasteiger partial charge >= 0.3 is 5.97 Å². The van der Waals surface area contributed by atoms with E-state index in [4.69, 9.17) is 14.1 Å². The van der Waals surface area contributed by atoms with Crippen LogP contribution in [0.5, 0.6) is 0 Å². The van der Waals surface area contributed by atoms with E-state index >= 15 is 0 Å². The summed E-state index contributed by atoms with van der Waals surface area (Å²) in [5.74, 6) is -0.313. The van der Waals surface area contributed by atoms with Gasteiger partial charge in [-0.05, 0) is 40.0 Å². The summed E-state index contributed by atoms with van der Waals surface area (Å²) >= 11 is 1.35. The summed E-state index contributed by atoms with van der Waals surface area (Å²) in [6.07, 6.45) is 1.82. The second-order valence-corrected chi connectivity index (χ2v) is 15.2. The van der Waals surface area contributed by atoms with Crippen LogP contribution in [0.3, 0.4) is 0 Å². The van der Waals surface area contributed by atoms with Gasteiger partial charge in [-0.1, -0.05) is 98.8 Å². The number of thiazole rings is 1. The smallest absolute Gasteiger partial charge is 0.349 e. The Morgan fingerprint density at radius 3 is 2.19 bits per heavy atom. The van der Waals surface area contributed by atoms with Gasteiger partial charge < -0.3 is 9.16 Å². The van der Waals surface area contributed by atoms with Crippen LogP contribution in [0.25, 0.3) is 16.0 Å². The van der Waals surface area contributed by atoms with E-state index in [2.05, 4.69) is 93.6 Å². The van der Waals surface area contributed by atoms with E-state index in [1.807, 2.05) is 23.6 Å². The highest BCUT2D eigenvalue weighted by Gasteiger charge is 2.50. The molecular formula is C29H30N2O3SSi. The molecule has 0 aliphatic carbocycles. The molecule has 0 unspecified atom stereocenters. The molecule has 3 aromatic carbocycles. The van der Waals surface area contributed by atoms with Crippen LogP contribution in [0.1, 0.15) is 42.9 Å². The summed E-state index contributed by atoms with van der Waals surface area (Å²) < 4.78 is 14.2. The van der Waals surface area contributed by atoms with E-state index < -0.39 is 8.32 Å². The lowest BCUT2D eigenvalue weighted by Crippen LogP contribution is -2.66. The second-order valence-electron chi connectivity index (χ2n) is 9.86. The Balaban J connectivity index is 1.55. The first kappa shape index (κ1) is 24.4. The number of imidazole rings is 1. The maximum Gasteiger partial charge on any atom is 0.349 e. The Hall–Kier alpha value is -3.26. The number of fused-ring (bicyclic) bond motifs is 3. The van der Waals surface area contributed by atoms with Crippen molar-refractivity contribution in [1.29, 1.82) is 0 Å². The predicted octanol–water partition coefficient (Wildman–Crippen LogP) is 5.80. The van der Waals surface area contributed by atoms with Gasteiger partial charge in [0.1, 0.15) is 4.88 Å². The van der Waals surface area contributed by atoms with E-state index in [0.717, 1.165) is 21.6 Å². The summed E-state index contributed by atoms with van der Waals surface area (Å²) in [4.78, 5) is 18.3. The first-order valence-electron chi connectivity index (χ1n) is 12.2. The van der Waals surface area contributed by atoms with Crippen molar-refractivity contribution in [2.24, 2.45) is 0 Å². The third-order valence-corrected chi connectivity index (χ3v) is 12.5. The zero-order chi connectivity index (χ0) is 25.3. The van der Waals surface area contributed by atoms with Gasteiger partial charge in [-0.15, -0.1) is 0 Å². The number of esters is 1. The van der Waals surface area contributed by atoms with E-state index in [-0.39, 0.29) is 11.0 Å². The fourth-order valence-corrected chi connectivity index (χ4v) is 10.3. The zero-order valence-electron chi connectivity index (χ0n) is 21.0. The van der Waals surface area contributed by atoms with Crippen molar-refractivity contribution in [3.05, 3.63) is 95.5 Å². The number of ether oxygens (including phenoxy) is 1. The molecule has 0 saturated carbocycles. The molecule has 0 saturated heterocycles. The van der Waals surface area contributed by atoms with Crippen LogP contribution in [0, 0.1) is 0 Å². The molecule has 7 heteroatoms. The average molecular weight is 515 g/mol. The second kappa shape index (κ2) is 9.65. The van der Waals surface area contributed by atoms with Crippen LogP contribution in [-0.4, -0.2) is 30.3 Å². The number of rotatable bonds is 7. The molecule has 184 valence electrons. The SMILES string of the molecule is CCOC(=O)c1cn2c(nc3ccc(CO[Si](c4ccccc4)(c4ccccc4)C(C)(C)C)cc32)s1. The summed E-state index contributed by atoms with van der Waals surface area (Å²) in [6, 6.07) is 27.6. The highest BCUT2D eigenvalue weighted by Crippen LogP contribution is 2.37. The van der Waals surface area contributed by atoms with Gasteiger partial charge in [-0.2, -0.15) is 0 Å². The summed E-state index contributed by atoms with van der Waals surface area (Å²) in [5, 5.41) is 2.42. The molecule has 5 nitrogen and oxygen atoms in total. The number of hydrogen-bond acceptors (Lipinski definition) is 5. The minimum atomic E-state index is -2.64. The molecule has 2 aromatic heterocycles. The highest BCUT2D eigenvalue weighted by molar-refractivity contribution is 7.18. The topological polar surface area (TPSA) is 52.8 Å². The van der Waals surface area contributed by atoms with Crippen LogP contribution in [0.4, 0.5) is 0 Å². The van der Waals surface area contributed by atoms with Crippen molar-refractivity contribution in [3.8, 4) is 0 Å². The summed E-state index contributed by atoms with van der Waals surface area (Å²) in [7, 11) is -2.64. The fourth-order valence-electron chi connectivity index (χ4n) is 4.89. The molecule has 0 atom stereocenters.